The Kier molecular flexibility index (Phi) is 6.51. The Balaban J connectivity index is 1.67. The summed E-state index contributed by atoms with van der Waals surface area (Å²) in [4.78, 5) is 32.8. The second-order valence-corrected chi connectivity index (χ2v) is 6.86. The molecule has 0 aliphatic carbocycles. The fourth-order valence-electron chi connectivity index (χ4n) is 2.93. The molecule has 3 aromatic rings. The van der Waals surface area contributed by atoms with Crippen LogP contribution in [0.5, 0.6) is 5.75 Å². The van der Waals surface area contributed by atoms with Crippen molar-refractivity contribution >= 4 is 17.6 Å². The maximum atomic E-state index is 12.6. The Morgan fingerprint density at radius 2 is 1.80 bits per heavy atom. The number of anilines is 1. The number of imidazole rings is 1. The lowest BCUT2D eigenvalue weighted by atomic mass is 10.1. The van der Waals surface area contributed by atoms with Crippen LogP contribution in [0.15, 0.2) is 48.5 Å². The van der Waals surface area contributed by atoms with Crippen molar-refractivity contribution in [3.63, 3.8) is 0 Å². The Morgan fingerprint density at radius 1 is 1.10 bits per heavy atom. The molecule has 7 nitrogen and oxygen atoms in total. The van der Waals surface area contributed by atoms with E-state index in [0.717, 1.165) is 22.8 Å². The number of H-pyrrole nitrogens is 1. The summed E-state index contributed by atoms with van der Waals surface area (Å²) in [6.07, 6.45) is -0.576. The zero-order valence-electron chi connectivity index (χ0n) is 17.5. The maximum absolute atomic E-state index is 12.6. The van der Waals surface area contributed by atoms with Crippen LogP contribution >= 0.6 is 0 Å². The molecule has 1 amide bonds. The van der Waals surface area contributed by atoms with Crippen LogP contribution in [0.3, 0.4) is 0 Å². The van der Waals surface area contributed by atoms with Gasteiger partial charge in [-0.3, -0.25) is 4.79 Å². The number of amides is 1. The standard InChI is InChI=1S/C23H25N3O4/c1-5-19(22(27)26-18-8-6-7-9-20(18)29-4)30-23(28)17-12-10-16(11-13-17)21-24-14(2)15(3)25-21/h6-13,19H,5H2,1-4H3,(H,24,25)(H,26,27). The second-order valence-electron chi connectivity index (χ2n) is 6.86. The minimum absolute atomic E-state index is 0.343. The minimum Gasteiger partial charge on any atom is -0.495 e. The predicted octanol–water partition coefficient (Wildman–Crippen LogP) is 4.28. The highest BCUT2D eigenvalue weighted by atomic mass is 16.5. The van der Waals surface area contributed by atoms with Gasteiger partial charge >= 0.3 is 5.97 Å². The summed E-state index contributed by atoms with van der Waals surface area (Å²) in [7, 11) is 1.53. The molecule has 7 heteroatoms. The second kappa shape index (κ2) is 9.26. The van der Waals surface area contributed by atoms with Gasteiger partial charge in [-0.05, 0) is 44.5 Å². The van der Waals surface area contributed by atoms with Crippen molar-refractivity contribution < 1.29 is 19.1 Å². The number of hydrogen-bond donors (Lipinski definition) is 2. The minimum atomic E-state index is -0.919. The van der Waals surface area contributed by atoms with Crippen LogP contribution in [0.1, 0.15) is 35.1 Å². The van der Waals surface area contributed by atoms with E-state index in [4.69, 9.17) is 9.47 Å². The number of carbonyl (C=O) groups excluding carboxylic acids is 2. The van der Waals surface area contributed by atoms with E-state index in [2.05, 4.69) is 15.3 Å². The van der Waals surface area contributed by atoms with E-state index in [1.54, 1.807) is 55.5 Å². The average Bonchev–Trinajstić information content (AvgIpc) is 3.10. The van der Waals surface area contributed by atoms with Gasteiger partial charge in [0.2, 0.25) is 0 Å². The number of aromatic amines is 1. The van der Waals surface area contributed by atoms with Crippen LogP contribution in [-0.4, -0.2) is 35.1 Å². The number of para-hydroxylation sites is 2. The highest BCUT2D eigenvalue weighted by Crippen LogP contribution is 2.24. The number of carbonyl (C=O) groups is 2. The number of benzene rings is 2. The number of esters is 1. The van der Waals surface area contributed by atoms with Gasteiger partial charge in [0.15, 0.2) is 6.10 Å². The van der Waals surface area contributed by atoms with E-state index in [0.29, 0.717) is 23.4 Å². The predicted molar refractivity (Wildman–Crippen MR) is 115 cm³/mol. The number of methoxy groups -OCH3 is 1. The zero-order chi connectivity index (χ0) is 21.7. The van der Waals surface area contributed by atoms with Gasteiger partial charge in [-0.1, -0.05) is 31.2 Å². The lowest BCUT2D eigenvalue weighted by Crippen LogP contribution is -2.32. The monoisotopic (exact) mass is 407 g/mol. The highest BCUT2D eigenvalue weighted by Gasteiger charge is 2.23. The number of nitrogens with one attached hydrogen (secondary N) is 2. The molecule has 0 fully saturated rings. The summed E-state index contributed by atoms with van der Waals surface area (Å²) >= 11 is 0. The SMILES string of the molecule is CCC(OC(=O)c1ccc(-c2nc(C)c(C)[nH]2)cc1)C(=O)Nc1ccccc1OC. The van der Waals surface area contributed by atoms with Gasteiger partial charge in [0.25, 0.3) is 5.91 Å². The van der Waals surface area contributed by atoms with Gasteiger partial charge in [0.05, 0.1) is 24.1 Å². The number of rotatable bonds is 7. The van der Waals surface area contributed by atoms with E-state index >= 15 is 0 Å². The van der Waals surface area contributed by atoms with Crippen molar-refractivity contribution in [2.75, 3.05) is 12.4 Å². The molecule has 2 aromatic carbocycles. The third-order valence-electron chi connectivity index (χ3n) is 4.80. The van der Waals surface area contributed by atoms with Crippen molar-refractivity contribution in [2.24, 2.45) is 0 Å². The number of ether oxygens (including phenoxy) is 2. The van der Waals surface area contributed by atoms with E-state index in [1.807, 2.05) is 13.8 Å². The lowest BCUT2D eigenvalue weighted by molar-refractivity contribution is -0.124. The molecule has 3 rings (SSSR count). The third kappa shape index (κ3) is 4.68. The zero-order valence-corrected chi connectivity index (χ0v) is 17.5. The molecule has 0 aliphatic rings. The number of nitrogens with zero attached hydrogens (tertiary/aromatic N) is 1. The molecule has 0 radical (unpaired) electrons. The first-order valence-electron chi connectivity index (χ1n) is 9.71. The van der Waals surface area contributed by atoms with Crippen LogP contribution in [0.4, 0.5) is 5.69 Å². The molecule has 1 atom stereocenters. The quantitative estimate of drug-likeness (QED) is 0.570. The van der Waals surface area contributed by atoms with Crippen molar-refractivity contribution in [1.82, 2.24) is 9.97 Å². The average molecular weight is 407 g/mol. The van der Waals surface area contributed by atoms with Crippen LogP contribution in [-0.2, 0) is 9.53 Å². The van der Waals surface area contributed by atoms with Crippen molar-refractivity contribution in [3.05, 3.63) is 65.5 Å². The van der Waals surface area contributed by atoms with Crippen LogP contribution in [0.2, 0.25) is 0 Å². The summed E-state index contributed by atoms with van der Waals surface area (Å²) in [5, 5.41) is 2.75. The van der Waals surface area contributed by atoms with Gasteiger partial charge in [-0.25, -0.2) is 9.78 Å². The molecule has 2 N–H and O–H groups in total. The van der Waals surface area contributed by atoms with Crippen LogP contribution < -0.4 is 10.1 Å². The summed E-state index contributed by atoms with van der Waals surface area (Å²) in [6, 6.07) is 14.0. The van der Waals surface area contributed by atoms with Gasteiger partial charge in [-0.15, -0.1) is 0 Å². The number of aromatic nitrogens is 2. The third-order valence-corrected chi connectivity index (χ3v) is 4.80. The van der Waals surface area contributed by atoms with Crippen LogP contribution in [0.25, 0.3) is 11.4 Å². The van der Waals surface area contributed by atoms with Gasteiger partial charge < -0.3 is 19.8 Å². The summed E-state index contributed by atoms with van der Waals surface area (Å²) in [5.74, 6) is 0.308. The van der Waals surface area contributed by atoms with Crippen molar-refractivity contribution in [1.29, 1.82) is 0 Å². The molecule has 0 saturated heterocycles. The summed E-state index contributed by atoms with van der Waals surface area (Å²) < 4.78 is 10.7. The molecule has 1 aromatic heterocycles. The molecule has 0 aliphatic heterocycles. The molecule has 1 heterocycles. The highest BCUT2D eigenvalue weighted by molar-refractivity contribution is 5.98. The Labute approximate surface area is 175 Å². The molecule has 1 unspecified atom stereocenters. The van der Waals surface area contributed by atoms with Gasteiger partial charge in [-0.2, -0.15) is 0 Å². The first-order chi connectivity index (χ1) is 14.4. The van der Waals surface area contributed by atoms with Crippen molar-refractivity contribution in [3.8, 4) is 17.1 Å². The van der Waals surface area contributed by atoms with Crippen LogP contribution in [0, 0.1) is 13.8 Å². The number of aryl methyl sites for hydroxylation is 2. The maximum Gasteiger partial charge on any atom is 0.338 e. The molecular weight excluding hydrogens is 382 g/mol. The Hall–Kier alpha value is -3.61. The Morgan fingerprint density at radius 3 is 2.40 bits per heavy atom. The summed E-state index contributed by atoms with van der Waals surface area (Å²) in [6.45, 7) is 5.67. The molecular formula is C23H25N3O4. The topological polar surface area (TPSA) is 93.3 Å². The van der Waals surface area contributed by atoms with E-state index in [9.17, 15) is 9.59 Å². The fraction of sp³-hybridized carbons (Fsp3) is 0.261. The van der Waals surface area contributed by atoms with E-state index in [1.165, 1.54) is 7.11 Å². The fourth-order valence-corrected chi connectivity index (χ4v) is 2.93. The largest absolute Gasteiger partial charge is 0.495 e. The molecule has 30 heavy (non-hydrogen) atoms. The smallest absolute Gasteiger partial charge is 0.338 e. The first kappa shape index (κ1) is 21.1. The molecule has 156 valence electrons. The normalized spacial score (nSPS) is 11.6. The molecule has 0 saturated carbocycles. The van der Waals surface area contributed by atoms with E-state index < -0.39 is 18.0 Å². The first-order valence-corrected chi connectivity index (χ1v) is 9.71. The lowest BCUT2D eigenvalue weighted by Gasteiger charge is -2.17. The summed E-state index contributed by atoms with van der Waals surface area (Å²) in [5.41, 5.74) is 3.68. The molecule has 0 spiro atoms. The number of hydrogen-bond acceptors (Lipinski definition) is 5. The van der Waals surface area contributed by atoms with Crippen molar-refractivity contribution in [2.45, 2.75) is 33.3 Å². The van der Waals surface area contributed by atoms with Gasteiger partial charge in [0.1, 0.15) is 11.6 Å². The van der Waals surface area contributed by atoms with Gasteiger partial charge in [0, 0.05) is 11.3 Å². The van der Waals surface area contributed by atoms with E-state index in [-0.39, 0.29) is 0 Å². The molecule has 0 bridgehead atoms. The Bertz CT molecular complexity index is 1020.